The number of fused-ring (bicyclic) bond motifs is 1. The molecule has 1 aromatic carbocycles. The van der Waals surface area contributed by atoms with Gasteiger partial charge in [-0.1, -0.05) is 12.8 Å². The van der Waals surface area contributed by atoms with Crippen molar-refractivity contribution in [2.45, 2.75) is 37.6 Å². The van der Waals surface area contributed by atoms with Gasteiger partial charge in [-0.3, -0.25) is 0 Å². The van der Waals surface area contributed by atoms with Gasteiger partial charge in [0.15, 0.2) is 11.6 Å². The molecule has 1 aromatic heterocycles. The molecule has 0 aliphatic heterocycles. The van der Waals surface area contributed by atoms with Gasteiger partial charge in [-0.15, -0.1) is 11.6 Å². The number of rotatable bonds is 3. The minimum Gasteiger partial charge on any atom is -0.494 e. The predicted molar refractivity (Wildman–Crippen MR) is 73.3 cm³/mol. The fraction of sp³-hybridized carbons (Fsp3) is 0.500. The summed E-state index contributed by atoms with van der Waals surface area (Å²) in [5.74, 6) is 1.03. The third-order valence-electron chi connectivity index (χ3n) is 3.85. The molecule has 19 heavy (non-hydrogen) atoms. The average molecular weight is 283 g/mol. The molecule has 1 aliphatic carbocycles. The maximum absolute atomic E-state index is 13.7. The Morgan fingerprint density at radius 1 is 1.42 bits per heavy atom. The highest BCUT2D eigenvalue weighted by Crippen LogP contribution is 2.35. The van der Waals surface area contributed by atoms with Gasteiger partial charge >= 0.3 is 0 Å². The molecule has 0 spiro atoms. The van der Waals surface area contributed by atoms with Gasteiger partial charge in [0.2, 0.25) is 0 Å². The molecule has 0 unspecified atom stereocenters. The van der Waals surface area contributed by atoms with E-state index in [0.29, 0.717) is 17.4 Å². The molecule has 1 saturated carbocycles. The van der Waals surface area contributed by atoms with Gasteiger partial charge in [0.1, 0.15) is 5.82 Å². The SMILES string of the molecule is COc1cc2c(cc1F)nc(CCl)n2C1CCCC1. The quantitative estimate of drug-likeness (QED) is 0.795. The number of alkyl halides is 1. The summed E-state index contributed by atoms with van der Waals surface area (Å²) in [6.07, 6.45) is 4.72. The fourth-order valence-corrected chi connectivity index (χ4v) is 3.16. The second kappa shape index (κ2) is 5.00. The monoisotopic (exact) mass is 282 g/mol. The topological polar surface area (TPSA) is 27.1 Å². The first-order valence-corrected chi connectivity index (χ1v) is 7.08. The van der Waals surface area contributed by atoms with Crippen molar-refractivity contribution in [3.63, 3.8) is 0 Å². The summed E-state index contributed by atoms with van der Waals surface area (Å²) in [5, 5.41) is 0. The van der Waals surface area contributed by atoms with E-state index in [0.717, 1.165) is 24.2 Å². The lowest BCUT2D eigenvalue weighted by Crippen LogP contribution is -2.08. The lowest BCUT2D eigenvalue weighted by molar-refractivity contribution is 0.387. The number of imidazole rings is 1. The maximum atomic E-state index is 13.7. The minimum atomic E-state index is -0.382. The first-order chi connectivity index (χ1) is 9.24. The zero-order valence-electron chi connectivity index (χ0n) is 10.8. The number of ether oxygens (including phenoxy) is 1. The van der Waals surface area contributed by atoms with Gasteiger partial charge in [0, 0.05) is 18.2 Å². The Morgan fingerprint density at radius 3 is 2.79 bits per heavy atom. The van der Waals surface area contributed by atoms with Gasteiger partial charge in [-0.05, 0) is 12.8 Å². The number of nitrogens with zero attached hydrogens (tertiary/aromatic N) is 2. The largest absolute Gasteiger partial charge is 0.494 e. The highest BCUT2D eigenvalue weighted by molar-refractivity contribution is 6.16. The number of aromatic nitrogens is 2. The smallest absolute Gasteiger partial charge is 0.167 e. The average Bonchev–Trinajstić information content (AvgIpc) is 3.03. The molecule has 0 radical (unpaired) electrons. The zero-order valence-corrected chi connectivity index (χ0v) is 11.6. The van der Waals surface area contributed by atoms with Gasteiger partial charge in [0.05, 0.1) is 24.0 Å². The van der Waals surface area contributed by atoms with E-state index in [-0.39, 0.29) is 11.6 Å². The van der Waals surface area contributed by atoms with Crippen LogP contribution in [0.1, 0.15) is 37.5 Å². The van der Waals surface area contributed by atoms with Crippen LogP contribution in [0, 0.1) is 5.82 Å². The molecule has 0 saturated heterocycles. The van der Waals surface area contributed by atoms with Gasteiger partial charge in [-0.25, -0.2) is 9.37 Å². The summed E-state index contributed by atoms with van der Waals surface area (Å²) in [6.45, 7) is 0. The number of methoxy groups -OCH3 is 1. The summed E-state index contributed by atoms with van der Waals surface area (Å²) in [6, 6.07) is 3.58. The van der Waals surface area contributed by atoms with Crippen molar-refractivity contribution in [1.29, 1.82) is 0 Å². The van der Waals surface area contributed by atoms with Crippen molar-refractivity contribution in [1.82, 2.24) is 9.55 Å². The standard InChI is InChI=1S/C14H16ClFN2O/c1-19-13-7-12-11(6-10(13)16)17-14(8-15)18(12)9-4-2-3-5-9/h6-7,9H,2-5,8H2,1H3. The molecule has 0 amide bonds. The van der Waals surface area contributed by atoms with Crippen LogP contribution in [0.15, 0.2) is 12.1 Å². The van der Waals surface area contributed by atoms with Crippen LogP contribution >= 0.6 is 11.6 Å². The molecule has 3 rings (SSSR count). The maximum Gasteiger partial charge on any atom is 0.167 e. The second-order valence-electron chi connectivity index (χ2n) is 4.95. The molecule has 5 heteroatoms. The Hall–Kier alpha value is -1.29. The summed E-state index contributed by atoms with van der Waals surface area (Å²) >= 11 is 5.99. The molecule has 0 bridgehead atoms. The fourth-order valence-electron chi connectivity index (χ4n) is 2.97. The van der Waals surface area contributed by atoms with E-state index in [4.69, 9.17) is 16.3 Å². The summed E-state index contributed by atoms with van der Waals surface area (Å²) in [4.78, 5) is 4.45. The van der Waals surface area contributed by atoms with E-state index in [2.05, 4.69) is 9.55 Å². The van der Waals surface area contributed by atoms with Crippen molar-refractivity contribution < 1.29 is 9.13 Å². The molecular weight excluding hydrogens is 267 g/mol. The van der Waals surface area contributed by atoms with Crippen molar-refractivity contribution >= 4 is 22.6 Å². The Morgan fingerprint density at radius 2 is 2.16 bits per heavy atom. The van der Waals surface area contributed by atoms with E-state index in [1.807, 2.05) is 0 Å². The molecule has 0 N–H and O–H groups in total. The Bertz CT molecular complexity index is 605. The minimum absolute atomic E-state index is 0.257. The molecule has 1 fully saturated rings. The molecular formula is C14H16ClFN2O. The number of benzene rings is 1. The first kappa shape index (κ1) is 12.7. The van der Waals surface area contributed by atoms with Crippen molar-refractivity contribution in [2.75, 3.05) is 7.11 Å². The van der Waals surface area contributed by atoms with E-state index < -0.39 is 0 Å². The van der Waals surface area contributed by atoms with Crippen LogP contribution < -0.4 is 4.74 Å². The lowest BCUT2D eigenvalue weighted by Gasteiger charge is -2.15. The van der Waals surface area contributed by atoms with Crippen LogP contribution in [0.5, 0.6) is 5.75 Å². The molecule has 2 aromatic rings. The number of hydrogen-bond acceptors (Lipinski definition) is 2. The van der Waals surface area contributed by atoms with Crippen LogP contribution in [-0.2, 0) is 5.88 Å². The van der Waals surface area contributed by atoms with Crippen LogP contribution in [0.25, 0.3) is 11.0 Å². The summed E-state index contributed by atoms with van der Waals surface area (Å²) in [7, 11) is 1.48. The second-order valence-corrected chi connectivity index (χ2v) is 5.21. The normalized spacial score (nSPS) is 16.4. The van der Waals surface area contributed by atoms with E-state index in [1.165, 1.54) is 26.0 Å². The van der Waals surface area contributed by atoms with Crippen molar-refractivity contribution in [2.24, 2.45) is 0 Å². The van der Waals surface area contributed by atoms with Gasteiger partial charge in [-0.2, -0.15) is 0 Å². The molecule has 1 heterocycles. The number of hydrogen-bond donors (Lipinski definition) is 0. The highest BCUT2D eigenvalue weighted by atomic mass is 35.5. The van der Waals surface area contributed by atoms with E-state index in [9.17, 15) is 4.39 Å². The Kier molecular flexibility index (Phi) is 3.35. The van der Waals surface area contributed by atoms with Gasteiger partial charge < -0.3 is 9.30 Å². The first-order valence-electron chi connectivity index (χ1n) is 6.55. The summed E-state index contributed by atoms with van der Waals surface area (Å²) in [5.41, 5.74) is 1.57. The molecule has 3 nitrogen and oxygen atoms in total. The van der Waals surface area contributed by atoms with Crippen LogP contribution in [-0.4, -0.2) is 16.7 Å². The molecule has 102 valence electrons. The van der Waals surface area contributed by atoms with Gasteiger partial charge in [0.25, 0.3) is 0 Å². The van der Waals surface area contributed by atoms with E-state index >= 15 is 0 Å². The Balaban J connectivity index is 2.21. The van der Waals surface area contributed by atoms with Crippen LogP contribution in [0.3, 0.4) is 0 Å². The summed E-state index contributed by atoms with van der Waals surface area (Å²) < 4.78 is 21.0. The van der Waals surface area contributed by atoms with E-state index in [1.54, 1.807) is 6.07 Å². The van der Waals surface area contributed by atoms with Crippen molar-refractivity contribution in [3.8, 4) is 5.75 Å². The number of halogens is 2. The van der Waals surface area contributed by atoms with Crippen LogP contribution in [0.2, 0.25) is 0 Å². The third kappa shape index (κ3) is 2.08. The molecule has 1 aliphatic rings. The third-order valence-corrected chi connectivity index (χ3v) is 4.08. The lowest BCUT2D eigenvalue weighted by atomic mass is 10.2. The van der Waals surface area contributed by atoms with Crippen molar-refractivity contribution in [3.05, 3.63) is 23.8 Å². The highest BCUT2D eigenvalue weighted by Gasteiger charge is 2.23. The predicted octanol–water partition coefficient (Wildman–Crippen LogP) is 4.04. The Labute approximate surface area is 116 Å². The zero-order chi connectivity index (χ0) is 13.4. The van der Waals surface area contributed by atoms with Crippen LogP contribution in [0.4, 0.5) is 4.39 Å². The molecule has 0 atom stereocenters.